The lowest BCUT2D eigenvalue weighted by Gasteiger charge is -2.20. The molecule has 0 amide bonds. The molecule has 0 saturated heterocycles. The number of rotatable bonds is 6. The molecule has 2 aromatic heterocycles. The highest BCUT2D eigenvalue weighted by molar-refractivity contribution is 6.13. The Morgan fingerprint density at radius 3 is 1.37 bits per heavy atom. The smallest absolute Gasteiger partial charge is 0.309 e. The van der Waals surface area contributed by atoms with E-state index in [1.54, 1.807) is 0 Å². The number of fused-ring (bicyclic) bond motifs is 6. The molecule has 68 heavy (non-hydrogen) atoms. The molecule has 2 heterocycles. The van der Waals surface area contributed by atoms with Gasteiger partial charge in [0, 0.05) is 32.7 Å². The first kappa shape index (κ1) is 42.0. The third kappa shape index (κ3) is 6.91. The molecule has 0 aliphatic carbocycles. The molecule has 4 nitrogen and oxygen atoms in total. The van der Waals surface area contributed by atoms with Gasteiger partial charge in [-0.3, -0.25) is 0 Å². The van der Waals surface area contributed by atoms with E-state index in [1.165, 1.54) is 28.3 Å². The molecule has 0 N–H and O–H groups in total. The van der Waals surface area contributed by atoms with E-state index in [9.17, 15) is 23.7 Å². The number of hydrogen-bond acceptors (Lipinski definition) is 2. The lowest BCUT2D eigenvalue weighted by atomic mass is 9.93. The van der Waals surface area contributed by atoms with Crippen molar-refractivity contribution in [3.8, 4) is 68.0 Å². The van der Waals surface area contributed by atoms with Crippen molar-refractivity contribution in [2.45, 2.75) is 33.9 Å². The van der Waals surface area contributed by atoms with Crippen molar-refractivity contribution in [3.05, 3.63) is 215 Å². The fraction of sp³-hybridized carbons (Fsp3) is 0.0820. The highest BCUT2D eigenvalue weighted by Gasteiger charge is 2.31. The molecular weight excluding hydrogens is 846 g/mol. The Hall–Kier alpha value is -8.65. The molecule has 326 valence electrons. The van der Waals surface area contributed by atoms with Crippen molar-refractivity contribution < 1.29 is 13.2 Å². The predicted octanol–water partition coefficient (Wildman–Crippen LogP) is 16.5. The van der Waals surface area contributed by atoms with Crippen LogP contribution >= 0.6 is 0 Å². The predicted molar refractivity (Wildman–Crippen MR) is 270 cm³/mol. The van der Waals surface area contributed by atoms with E-state index in [-0.39, 0.29) is 5.56 Å². The average molecular weight is 887 g/mol. The zero-order valence-electron chi connectivity index (χ0n) is 37.7. The van der Waals surface area contributed by atoms with Gasteiger partial charge in [0.15, 0.2) is 0 Å². The minimum atomic E-state index is -4.61. The molecule has 0 spiro atoms. The number of nitrogens with zero attached hydrogens (tertiary/aromatic N) is 4. The lowest BCUT2D eigenvalue weighted by Crippen LogP contribution is -2.05. The van der Waals surface area contributed by atoms with Crippen LogP contribution in [-0.2, 0) is 6.18 Å². The molecule has 0 unspecified atom stereocenters. The van der Waals surface area contributed by atoms with Crippen LogP contribution < -0.4 is 0 Å². The second-order valence-electron chi connectivity index (χ2n) is 17.8. The summed E-state index contributed by atoms with van der Waals surface area (Å²) in [6.07, 6.45) is -4.61. The molecule has 0 saturated carbocycles. The number of aromatic nitrogens is 2. The van der Waals surface area contributed by atoms with Gasteiger partial charge in [0.1, 0.15) is 0 Å². The summed E-state index contributed by atoms with van der Waals surface area (Å²) in [7, 11) is 0. The van der Waals surface area contributed by atoms with Gasteiger partial charge in [-0.15, -0.1) is 0 Å². The van der Waals surface area contributed by atoms with E-state index in [1.807, 2.05) is 66.7 Å². The van der Waals surface area contributed by atoms with Crippen LogP contribution in [0.15, 0.2) is 176 Å². The van der Waals surface area contributed by atoms with Gasteiger partial charge < -0.3 is 9.13 Å². The van der Waals surface area contributed by atoms with Gasteiger partial charge in [0.05, 0.1) is 62.3 Å². The molecule has 0 aliphatic rings. The summed E-state index contributed by atoms with van der Waals surface area (Å²) in [5, 5.41) is 25.0. The summed E-state index contributed by atoms with van der Waals surface area (Å²) in [5.74, 6) is 0. The highest BCUT2D eigenvalue weighted by atomic mass is 19.4. The molecule has 0 aliphatic heterocycles. The van der Waals surface area contributed by atoms with Crippen molar-refractivity contribution in [2.75, 3.05) is 0 Å². The van der Waals surface area contributed by atoms with Gasteiger partial charge in [0.25, 0.3) is 0 Å². The van der Waals surface area contributed by atoms with Crippen LogP contribution in [0.3, 0.4) is 0 Å². The Balaban J connectivity index is 1.21. The Labute approximate surface area is 391 Å². The normalized spacial score (nSPS) is 11.7. The van der Waals surface area contributed by atoms with Crippen LogP contribution in [0.2, 0.25) is 0 Å². The molecule has 0 atom stereocenters. The summed E-state index contributed by atoms with van der Waals surface area (Å²) in [6, 6.07) is 62.0. The van der Waals surface area contributed by atoms with Gasteiger partial charge in [-0.1, -0.05) is 120 Å². The van der Waals surface area contributed by atoms with Crippen LogP contribution in [0, 0.1) is 50.4 Å². The minimum Gasteiger partial charge on any atom is -0.309 e. The van der Waals surface area contributed by atoms with Crippen LogP contribution in [0.5, 0.6) is 0 Å². The number of nitriles is 2. The highest BCUT2D eigenvalue weighted by Crippen LogP contribution is 2.45. The van der Waals surface area contributed by atoms with E-state index < -0.39 is 11.7 Å². The fourth-order valence-electron chi connectivity index (χ4n) is 10.3. The minimum absolute atomic E-state index is 0.0802. The molecule has 11 rings (SSSR count). The zero-order chi connectivity index (χ0) is 47.0. The third-order valence-corrected chi connectivity index (χ3v) is 13.4. The largest absolute Gasteiger partial charge is 0.416 e. The number of aryl methyl sites for hydroxylation is 4. The van der Waals surface area contributed by atoms with E-state index >= 15 is 0 Å². The number of alkyl halides is 3. The van der Waals surface area contributed by atoms with Crippen LogP contribution in [0.4, 0.5) is 13.2 Å². The van der Waals surface area contributed by atoms with E-state index in [2.05, 4.69) is 140 Å². The molecule has 0 bridgehead atoms. The first-order valence-electron chi connectivity index (χ1n) is 22.4. The Morgan fingerprint density at radius 1 is 0.397 bits per heavy atom. The fourth-order valence-corrected chi connectivity index (χ4v) is 10.3. The maximum atomic E-state index is 14.0. The van der Waals surface area contributed by atoms with Crippen LogP contribution in [0.25, 0.3) is 99.5 Å². The second kappa shape index (κ2) is 16.0. The SMILES string of the molecule is Cc1ccc(-c2ccc3c(c2)c2ccccc2n3-c2cc(C#N)ccc2-c2ccc(-c3ccc(C(F)(F)F)cc3C#N)cc2-n2c3ccccc3c3cc(-c4ccc(C)cc4C)ccc32)c(C)c1. The number of hydrogen-bond donors (Lipinski definition) is 0. The van der Waals surface area contributed by atoms with Gasteiger partial charge in [0.2, 0.25) is 0 Å². The van der Waals surface area contributed by atoms with Gasteiger partial charge in [-0.05, 0) is 139 Å². The third-order valence-electron chi connectivity index (χ3n) is 13.4. The first-order valence-corrected chi connectivity index (χ1v) is 22.4. The van der Waals surface area contributed by atoms with Crippen molar-refractivity contribution in [1.82, 2.24) is 9.13 Å². The molecule has 0 radical (unpaired) electrons. The van der Waals surface area contributed by atoms with Crippen LogP contribution in [0.1, 0.15) is 38.9 Å². The van der Waals surface area contributed by atoms with Crippen molar-refractivity contribution in [1.29, 1.82) is 10.5 Å². The first-order chi connectivity index (χ1) is 32.9. The van der Waals surface area contributed by atoms with E-state index in [4.69, 9.17) is 0 Å². The van der Waals surface area contributed by atoms with Crippen molar-refractivity contribution >= 4 is 43.6 Å². The number of halogens is 3. The van der Waals surface area contributed by atoms with Gasteiger partial charge in [-0.25, -0.2) is 0 Å². The molecule has 0 fully saturated rings. The second-order valence-corrected chi connectivity index (χ2v) is 17.8. The Morgan fingerprint density at radius 2 is 0.853 bits per heavy atom. The van der Waals surface area contributed by atoms with Crippen molar-refractivity contribution in [2.24, 2.45) is 0 Å². The molecule has 7 heteroatoms. The van der Waals surface area contributed by atoms with Crippen LogP contribution in [-0.4, -0.2) is 9.13 Å². The lowest BCUT2D eigenvalue weighted by molar-refractivity contribution is -0.137. The summed E-state index contributed by atoms with van der Waals surface area (Å²) < 4.78 is 46.4. The molecule has 11 aromatic rings. The summed E-state index contributed by atoms with van der Waals surface area (Å²) in [4.78, 5) is 0. The summed E-state index contributed by atoms with van der Waals surface area (Å²) in [6.45, 7) is 8.45. The topological polar surface area (TPSA) is 57.4 Å². The Bertz CT molecular complexity index is 3980. The quantitative estimate of drug-likeness (QED) is 0.167. The van der Waals surface area contributed by atoms with Crippen molar-refractivity contribution in [3.63, 3.8) is 0 Å². The summed E-state index contributed by atoms with van der Waals surface area (Å²) >= 11 is 0. The van der Waals surface area contributed by atoms with E-state index in [0.29, 0.717) is 16.7 Å². The van der Waals surface area contributed by atoms with Gasteiger partial charge in [-0.2, -0.15) is 23.7 Å². The average Bonchev–Trinajstić information content (AvgIpc) is 3.85. The number of benzene rings is 9. The monoisotopic (exact) mass is 886 g/mol. The van der Waals surface area contributed by atoms with E-state index in [0.717, 1.165) is 100 Å². The standard InChI is InChI=1S/C61H41F3N4/c1-36-13-20-46(38(3)27-36)41-17-25-57-53(31-41)49-9-5-7-11-55(49)67(57)59-29-40(34-65)15-22-51(59)52-23-16-43(48-24-19-45(61(62,63)64)30-44(48)35-66)33-60(52)68-56-12-8-6-10-50(56)54-32-42(18-26-58(54)68)47-21-14-37(2)28-39(47)4/h5-33H,1-4H3. The molecule has 9 aromatic carbocycles. The maximum absolute atomic E-state index is 14.0. The Kier molecular flexibility index (Phi) is 9.92. The van der Waals surface area contributed by atoms with Gasteiger partial charge >= 0.3 is 6.18 Å². The maximum Gasteiger partial charge on any atom is 0.416 e. The summed E-state index contributed by atoms with van der Waals surface area (Å²) in [5.41, 5.74) is 16.7. The zero-order valence-corrected chi connectivity index (χ0v) is 37.7. The molecular formula is C61H41F3N4. The number of para-hydroxylation sites is 2.